The summed E-state index contributed by atoms with van der Waals surface area (Å²) in [5.74, 6) is 0. The van der Waals surface area contributed by atoms with E-state index in [-0.39, 0.29) is 5.54 Å². The molecule has 1 aromatic rings. The predicted octanol–water partition coefficient (Wildman–Crippen LogP) is 0.840. The first-order valence-corrected chi connectivity index (χ1v) is 6.38. The third-order valence-electron chi connectivity index (χ3n) is 3.59. The summed E-state index contributed by atoms with van der Waals surface area (Å²) < 4.78 is 1.84. The van der Waals surface area contributed by atoms with Gasteiger partial charge in [0.2, 0.25) is 0 Å². The van der Waals surface area contributed by atoms with Gasteiger partial charge in [-0.15, -0.1) is 0 Å². The molecule has 0 amide bonds. The fraction of sp³-hybridized carbons (Fsp3) is 0.692. The molecule has 18 heavy (non-hydrogen) atoms. The van der Waals surface area contributed by atoms with E-state index in [9.17, 15) is 0 Å². The number of aryl methyl sites for hydroxylation is 1. The molecule has 1 aliphatic rings. The molecule has 98 valence electrons. The topological polar surface area (TPSA) is 48.1 Å². The molecule has 0 unspecified atom stereocenters. The summed E-state index contributed by atoms with van der Waals surface area (Å²) in [5, 5.41) is 13.5. The van der Waals surface area contributed by atoms with Gasteiger partial charge >= 0.3 is 0 Å². The number of piperazine rings is 1. The van der Waals surface area contributed by atoms with E-state index in [1.807, 2.05) is 31.8 Å². The van der Waals surface area contributed by atoms with Crippen molar-refractivity contribution >= 4 is 0 Å². The van der Waals surface area contributed by atoms with Crippen LogP contribution in [0.1, 0.15) is 19.5 Å². The van der Waals surface area contributed by atoms with Crippen molar-refractivity contribution in [3.63, 3.8) is 0 Å². The lowest BCUT2D eigenvalue weighted by Gasteiger charge is -2.40. The van der Waals surface area contributed by atoms with Crippen LogP contribution in [0.2, 0.25) is 0 Å². The Hall–Kier alpha value is -1.38. The molecule has 2 rings (SSSR count). The van der Waals surface area contributed by atoms with E-state index in [1.165, 1.54) is 0 Å². The van der Waals surface area contributed by atoms with Gasteiger partial charge in [0.05, 0.1) is 11.8 Å². The third-order valence-corrected chi connectivity index (χ3v) is 3.59. The van der Waals surface area contributed by atoms with Gasteiger partial charge in [-0.25, -0.2) is 0 Å². The van der Waals surface area contributed by atoms with E-state index in [1.54, 1.807) is 0 Å². The normalized spacial score (nSPS) is 18.8. The Labute approximate surface area is 109 Å². The second kappa shape index (κ2) is 5.09. The number of hydrogen-bond donors (Lipinski definition) is 0. The fourth-order valence-electron chi connectivity index (χ4n) is 2.31. The van der Waals surface area contributed by atoms with E-state index in [2.05, 4.69) is 27.0 Å². The van der Waals surface area contributed by atoms with Gasteiger partial charge in [0, 0.05) is 46.0 Å². The van der Waals surface area contributed by atoms with Crippen LogP contribution >= 0.6 is 0 Å². The Balaban J connectivity index is 1.86. The summed E-state index contributed by atoms with van der Waals surface area (Å²) in [7, 11) is 1.94. The highest BCUT2D eigenvalue weighted by atomic mass is 15.3. The summed E-state index contributed by atoms with van der Waals surface area (Å²) in [6.45, 7) is 8.79. The van der Waals surface area contributed by atoms with Crippen LogP contribution in [0.5, 0.6) is 0 Å². The molecule has 5 nitrogen and oxygen atoms in total. The van der Waals surface area contributed by atoms with Crippen LogP contribution in [-0.2, 0) is 13.6 Å². The molecule has 1 saturated heterocycles. The maximum Gasteiger partial charge on any atom is 0.103 e. The molecule has 0 N–H and O–H groups in total. The number of hydrogen-bond acceptors (Lipinski definition) is 4. The lowest BCUT2D eigenvalue weighted by molar-refractivity contribution is 0.0757. The summed E-state index contributed by atoms with van der Waals surface area (Å²) in [5.41, 5.74) is 0.766. The van der Waals surface area contributed by atoms with Crippen molar-refractivity contribution in [2.75, 3.05) is 26.2 Å². The van der Waals surface area contributed by atoms with Crippen LogP contribution in [0, 0.1) is 11.3 Å². The molecule has 0 spiro atoms. The van der Waals surface area contributed by atoms with E-state index in [0.29, 0.717) is 0 Å². The van der Waals surface area contributed by atoms with Crippen LogP contribution in [0.4, 0.5) is 0 Å². The zero-order chi connectivity index (χ0) is 13.2. The highest BCUT2D eigenvalue weighted by molar-refractivity contribution is 5.04. The molecule has 0 aromatic carbocycles. The first-order chi connectivity index (χ1) is 8.51. The molecule has 1 aliphatic heterocycles. The first kappa shape index (κ1) is 13.1. The minimum Gasteiger partial charge on any atom is -0.295 e. The summed E-state index contributed by atoms with van der Waals surface area (Å²) in [6.07, 6.45) is 1.98. The molecule has 0 bridgehead atoms. The average molecular weight is 247 g/mol. The Morgan fingerprint density at radius 3 is 2.50 bits per heavy atom. The van der Waals surface area contributed by atoms with Gasteiger partial charge in [-0.2, -0.15) is 10.4 Å². The molecule has 0 radical (unpaired) electrons. The van der Waals surface area contributed by atoms with Crippen LogP contribution in [0.3, 0.4) is 0 Å². The van der Waals surface area contributed by atoms with Crippen molar-refractivity contribution in [2.24, 2.45) is 7.05 Å². The minimum atomic E-state index is -0.350. The van der Waals surface area contributed by atoms with Crippen molar-refractivity contribution in [1.82, 2.24) is 19.6 Å². The van der Waals surface area contributed by atoms with E-state index in [4.69, 9.17) is 5.26 Å². The fourth-order valence-corrected chi connectivity index (χ4v) is 2.31. The molecule has 0 aliphatic carbocycles. The molecule has 2 heterocycles. The highest BCUT2D eigenvalue weighted by Crippen LogP contribution is 2.16. The number of nitriles is 1. The molecular weight excluding hydrogens is 226 g/mol. The van der Waals surface area contributed by atoms with Gasteiger partial charge in [-0.3, -0.25) is 14.5 Å². The second-order valence-electron chi connectivity index (χ2n) is 5.41. The molecule has 1 aromatic heterocycles. The van der Waals surface area contributed by atoms with Crippen molar-refractivity contribution in [1.29, 1.82) is 5.26 Å². The first-order valence-electron chi connectivity index (χ1n) is 6.38. The molecule has 5 heteroatoms. The summed E-state index contributed by atoms with van der Waals surface area (Å²) in [4.78, 5) is 4.65. The SMILES string of the molecule is Cn1ccc(CN2CCN(C(C)(C)C#N)CC2)n1. The predicted molar refractivity (Wildman–Crippen MR) is 69.8 cm³/mol. The zero-order valence-corrected chi connectivity index (χ0v) is 11.4. The number of aromatic nitrogens is 2. The van der Waals surface area contributed by atoms with Crippen molar-refractivity contribution < 1.29 is 0 Å². The van der Waals surface area contributed by atoms with Crippen LogP contribution in [0.15, 0.2) is 12.3 Å². The van der Waals surface area contributed by atoms with Crippen molar-refractivity contribution in [3.8, 4) is 6.07 Å². The van der Waals surface area contributed by atoms with Gasteiger partial charge in [0.15, 0.2) is 0 Å². The monoisotopic (exact) mass is 247 g/mol. The Bertz CT molecular complexity index is 434. The zero-order valence-electron chi connectivity index (χ0n) is 11.4. The van der Waals surface area contributed by atoms with Crippen LogP contribution in [0.25, 0.3) is 0 Å². The highest BCUT2D eigenvalue weighted by Gasteiger charge is 2.29. The average Bonchev–Trinajstić information content (AvgIpc) is 2.75. The van der Waals surface area contributed by atoms with Gasteiger partial charge < -0.3 is 0 Å². The second-order valence-corrected chi connectivity index (χ2v) is 5.41. The molecule has 0 saturated carbocycles. The number of nitrogens with zero attached hydrogens (tertiary/aromatic N) is 5. The maximum atomic E-state index is 9.13. The molecular formula is C13H21N5. The van der Waals surface area contributed by atoms with Gasteiger partial charge in [0.1, 0.15) is 5.54 Å². The van der Waals surface area contributed by atoms with Crippen molar-refractivity contribution in [2.45, 2.75) is 25.9 Å². The third kappa shape index (κ3) is 2.89. The summed E-state index contributed by atoms with van der Waals surface area (Å²) in [6, 6.07) is 4.43. The summed E-state index contributed by atoms with van der Waals surface area (Å²) >= 11 is 0. The van der Waals surface area contributed by atoms with E-state index < -0.39 is 0 Å². The van der Waals surface area contributed by atoms with Gasteiger partial charge in [-0.1, -0.05) is 0 Å². The smallest absolute Gasteiger partial charge is 0.103 e. The minimum absolute atomic E-state index is 0.350. The van der Waals surface area contributed by atoms with Gasteiger partial charge in [-0.05, 0) is 19.9 Å². The Morgan fingerprint density at radius 2 is 2.00 bits per heavy atom. The maximum absolute atomic E-state index is 9.13. The lowest BCUT2D eigenvalue weighted by atomic mass is 10.0. The van der Waals surface area contributed by atoms with Crippen LogP contribution < -0.4 is 0 Å². The van der Waals surface area contributed by atoms with E-state index in [0.717, 1.165) is 38.4 Å². The Morgan fingerprint density at radius 1 is 1.33 bits per heavy atom. The largest absolute Gasteiger partial charge is 0.295 e. The van der Waals surface area contributed by atoms with Gasteiger partial charge in [0.25, 0.3) is 0 Å². The quantitative estimate of drug-likeness (QED) is 0.794. The number of rotatable bonds is 3. The van der Waals surface area contributed by atoms with E-state index >= 15 is 0 Å². The van der Waals surface area contributed by atoms with Crippen molar-refractivity contribution in [3.05, 3.63) is 18.0 Å². The lowest BCUT2D eigenvalue weighted by Crippen LogP contribution is -2.53. The standard InChI is InChI=1S/C13H21N5/c1-13(2,11-14)18-8-6-17(7-9-18)10-12-4-5-16(3)15-12/h4-5H,6-10H2,1-3H3. The molecule has 1 fully saturated rings. The Kier molecular flexibility index (Phi) is 3.69. The molecule has 0 atom stereocenters. The van der Waals surface area contributed by atoms with Crippen LogP contribution in [-0.4, -0.2) is 51.3 Å².